The van der Waals surface area contributed by atoms with E-state index in [-0.39, 0.29) is 6.03 Å². The highest BCUT2D eigenvalue weighted by Crippen LogP contribution is 2.30. The Labute approximate surface area is 98.8 Å². The van der Waals surface area contributed by atoms with Gasteiger partial charge in [0.2, 0.25) is 0 Å². The lowest BCUT2D eigenvalue weighted by Gasteiger charge is -2.28. The summed E-state index contributed by atoms with van der Waals surface area (Å²) in [5.41, 5.74) is 0. The van der Waals surface area contributed by atoms with Gasteiger partial charge in [0.15, 0.2) is 0 Å². The number of rotatable bonds is 3. The van der Waals surface area contributed by atoms with Crippen molar-refractivity contribution in [1.82, 2.24) is 9.80 Å². The molecule has 5 nitrogen and oxygen atoms in total. The van der Waals surface area contributed by atoms with Crippen molar-refractivity contribution in [3.05, 3.63) is 0 Å². The van der Waals surface area contributed by atoms with E-state index in [0.29, 0.717) is 24.2 Å². The molecular formula is C10H16N2O3S. The van der Waals surface area contributed by atoms with Crippen LogP contribution in [-0.2, 0) is 4.79 Å². The molecule has 0 aromatic heterocycles. The summed E-state index contributed by atoms with van der Waals surface area (Å²) in [6, 6.07) is -0.412. The Morgan fingerprint density at radius 2 is 2.19 bits per heavy atom. The lowest BCUT2D eigenvalue weighted by atomic mass is 10.3. The van der Waals surface area contributed by atoms with Crippen LogP contribution in [0.2, 0.25) is 0 Å². The van der Waals surface area contributed by atoms with Crippen LogP contribution in [0.3, 0.4) is 0 Å². The number of carboxylic acids is 1. The SMILES string of the molecule is CCN(C(=O)N1CSCC1C(=O)O)C1CC1. The Balaban J connectivity index is 2.04. The van der Waals surface area contributed by atoms with Gasteiger partial charge in [-0.15, -0.1) is 11.8 Å². The number of carbonyl (C=O) groups excluding carboxylic acids is 1. The fourth-order valence-electron chi connectivity index (χ4n) is 1.94. The molecule has 0 spiro atoms. The Morgan fingerprint density at radius 3 is 2.69 bits per heavy atom. The van der Waals surface area contributed by atoms with Crippen LogP contribution in [0.1, 0.15) is 19.8 Å². The van der Waals surface area contributed by atoms with Crippen LogP contribution >= 0.6 is 11.8 Å². The highest BCUT2D eigenvalue weighted by atomic mass is 32.2. The number of thioether (sulfide) groups is 1. The molecule has 1 saturated carbocycles. The molecule has 0 radical (unpaired) electrons. The van der Waals surface area contributed by atoms with Gasteiger partial charge in [0.05, 0.1) is 5.88 Å². The Bertz CT molecular complexity index is 306. The largest absolute Gasteiger partial charge is 0.480 e. The second-order valence-corrected chi connectivity index (χ2v) is 5.12. The average Bonchev–Trinajstić information content (AvgIpc) is 2.95. The van der Waals surface area contributed by atoms with Crippen LogP contribution in [0.4, 0.5) is 4.79 Å². The van der Waals surface area contributed by atoms with Crippen molar-refractivity contribution in [2.75, 3.05) is 18.2 Å². The molecular weight excluding hydrogens is 228 g/mol. The van der Waals surface area contributed by atoms with Crippen molar-refractivity contribution in [3.8, 4) is 0 Å². The third-order valence-electron chi connectivity index (χ3n) is 2.99. The summed E-state index contributed by atoms with van der Waals surface area (Å²) in [7, 11) is 0. The Kier molecular flexibility index (Phi) is 3.28. The van der Waals surface area contributed by atoms with Gasteiger partial charge in [-0.05, 0) is 19.8 Å². The zero-order chi connectivity index (χ0) is 11.7. The molecule has 90 valence electrons. The van der Waals surface area contributed by atoms with Gasteiger partial charge in [0.1, 0.15) is 6.04 Å². The standard InChI is InChI=1S/C10H16N2O3S/c1-2-11(7-3-4-7)10(15)12-6-16-5-8(12)9(13)14/h7-8H,2-6H2,1H3,(H,13,14). The van der Waals surface area contributed by atoms with E-state index in [1.807, 2.05) is 6.92 Å². The van der Waals surface area contributed by atoms with E-state index in [9.17, 15) is 9.59 Å². The van der Waals surface area contributed by atoms with Gasteiger partial charge < -0.3 is 14.9 Å². The van der Waals surface area contributed by atoms with Crippen molar-refractivity contribution in [3.63, 3.8) is 0 Å². The molecule has 16 heavy (non-hydrogen) atoms. The molecule has 1 N–H and O–H groups in total. The van der Waals surface area contributed by atoms with Crippen LogP contribution in [0, 0.1) is 0 Å². The normalized spacial score (nSPS) is 24.6. The van der Waals surface area contributed by atoms with E-state index in [1.54, 1.807) is 4.90 Å². The molecule has 6 heteroatoms. The lowest BCUT2D eigenvalue weighted by molar-refractivity contribution is -0.140. The minimum atomic E-state index is -0.898. The van der Waals surface area contributed by atoms with Crippen molar-refractivity contribution in [1.29, 1.82) is 0 Å². The third-order valence-corrected chi connectivity index (χ3v) is 4.00. The Morgan fingerprint density at radius 1 is 1.50 bits per heavy atom. The van der Waals surface area contributed by atoms with Crippen molar-refractivity contribution >= 4 is 23.8 Å². The van der Waals surface area contributed by atoms with Crippen LogP contribution in [0.25, 0.3) is 0 Å². The fourth-order valence-corrected chi connectivity index (χ4v) is 3.07. The number of aliphatic carboxylic acids is 1. The lowest BCUT2D eigenvalue weighted by Crippen LogP contribution is -2.49. The maximum absolute atomic E-state index is 12.1. The molecule has 1 heterocycles. The summed E-state index contributed by atoms with van der Waals surface area (Å²) in [5.74, 6) is 0.104. The maximum Gasteiger partial charge on any atom is 0.327 e. The van der Waals surface area contributed by atoms with E-state index < -0.39 is 12.0 Å². The molecule has 2 aliphatic rings. The Hall–Kier alpha value is -0.910. The maximum atomic E-state index is 12.1. The highest BCUT2D eigenvalue weighted by molar-refractivity contribution is 7.99. The molecule has 1 atom stereocenters. The second kappa shape index (κ2) is 4.53. The van der Waals surface area contributed by atoms with Gasteiger partial charge in [0.25, 0.3) is 0 Å². The predicted octanol–water partition coefficient (Wildman–Crippen LogP) is 1.05. The van der Waals surface area contributed by atoms with Gasteiger partial charge >= 0.3 is 12.0 Å². The van der Waals surface area contributed by atoms with E-state index in [0.717, 1.165) is 12.8 Å². The van der Waals surface area contributed by atoms with Crippen molar-refractivity contribution in [2.24, 2.45) is 0 Å². The van der Waals surface area contributed by atoms with Crippen molar-refractivity contribution in [2.45, 2.75) is 31.8 Å². The molecule has 0 aromatic carbocycles. The van der Waals surface area contributed by atoms with Gasteiger partial charge in [0, 0.05) is 18.3 Å². The third kappa shape index (κ3) is 2.11. The van der Waals surface area contributed by atoms with Gasteiger partial charge in [-0.2, -0.15) is 0 Å². The highest BCUT2D eigenvalue weighted by Gasteiger charge is 2.40. The zero-order valence-corrected chi connectivity index (χ0v) is 10.1. The number of carbonyl (C=O) groups is 2. The first-order valence-corrected chi connectivity index (χ1v) is 6.68. The molecule has 1 saturated heterocycles. The number of hydrogen-bond donors (Lipinski definition) is 1. The molecule has 2 amide bonds. The molecule has 1 aliphatic heterocycles. The molecule has 0 bridgehead atoms. The van der Waals surface area contributed by atoms with E-state index >= 15 is 0 Å². The van der Waals surface area contributed by atoms with E-state index in [4.69, 9.17) is 5.11 Å². The summed E-state index contributed by atoms with van der Waals surface area (Å²) in [5, 5.41) is 9.02. The molecule has 2 rings (SSSR count). The first kappa shape index (κ1) is 11.6. The summed E-state index contributed by atoms with van der Waals surface area (Å²) in [4.78, 5) is 26.4. The summed E-state index contributed by atoms with van der Waals surface area (Å²) >= 11 is 1.50. The summed E-state index contributed by atoms with van der Waals surface area (Å²) in [6.45, 7) is 2.60. The van der Waals surface area contributed by atoms with E-state index in [2.05, 4.69) is 0 Å². The minimum absolute atomic E-state index is 0.109. The van der Waals surface area contributed by atoms with Gasteiger partial charge in [-0.3, -0.25) is 0 Å². The molecule has 0 aromatic rings. The number of hydrogen-bond acceptors (Lipinski definition) is 3. The van der Waals surface area contributed by atoms with Gasteiger partial charge in [-0.1, -0.05) is 0 Å². The molecule has 1 aliphatic carbocycles. The first-order chi connectivity index (χ1) is 7.65. The zero-order valence-electron chi connectivity index (χ0n) is 9.26. The number of nitrogens with zero attached hydrogens (tertiary/aromatic N) is 2. The predicted molar refractivity (Wildman–Crippen MR) is 61.4 cm³/mol. The fraction of sp³-hybridized carbons (Fsp3) is 0.800. The number of carboxylic acid groups (broad SMARTS) is 1. The monoisotopic (exact) mass is 244 g/mol. The van der Waals surface area contributed by atoms with Crippen LogP contribution in [0.15, 0.2) is 0 Å². The van der Waals surface area contributed by atoms with Crippen LogP contribution < -0.4 is 0 Å². The quantitative estimate of drug-likeness (QED) is 0.806. The summed E-state index contributed by atoms with van der Waals surface area (Å²) < 4.78 is 0. The van der Waals surface area contributed by atoms with Gasteiger partial charge in [-0.25, -0.2) is 9.59 Å². The second-order valence-electron chi connectivity index (χ2n) is 4.12. The molecule has 2 fully saturated rings. The summed E-state index contributed by atoms with van der Waals surface area (Å²) in [6.07, 6.45) is 2.11. The van der Waals surface area contributed by atoms with Crippen molar-refractivity contribution < 1.29 is 14.7 Å². The molecule has 1 unspecified atom stereocenters. The number of amides is 2. The first-order valence-electron chi connectivity index (χ1n) is 5.53. The van der Waals surface area contributed by atoms with E-state index in [1.165, 1.54) is 16.7 Å². The average molecular weight is 244 g/mol. The topological polar surface area (TPSA) is 60.9 Å². The smallest absolute Gasteiger partial charge is 0.327 e. The minimum Gasteiger partial charge on any atom is -0.480 e. The van der Waals surface area contributed by atoms with Crippen LogP contribution in [-0.4, -0.2) is 57.2 Å². The number of urea groups is 1. The van der Waals surface area contributed by atoms with Crippen LogP contribution in [0.5, 0.6) is 0 Å².